The van der Waals surface area contributed by atoms with Crippen LogP contribution in [0.1, 0.15) is 21.5 Å². The molecule has 0 fully saturated rings. The maximum absolute atomic E-state index is 12.6. The van der Waals surface area contributed by atoms with Crippen LogP contribution < -0.4 is 9.47 Å². The van der Waals surface area contributed by atoms with Crippen molar-refractivity contribution in [1.82, 2.24) is 0 Å². The van der Waals surface area contributed by atoms with E-state index in [9.17, 15) is 4.79 Å². The molecule has 4 aromatic carbocycles. The second-order valence-electron chi connectivity index (χ2n) is 6.94. The largest absolute Gasteiger partial charge is 0.493 e. The third kappa shape index (κ3) is 4.58. The molecule has 0 spiro atoms. The lowest BCUT2D eigenvalue weighted by Crippen LogP contribution is -1.98. The van der Waals surface area contributed by atoms with E-state index in [4.69, 9.17) is 9.47 Å². The summed E-state index contributed by atoms with van der Waals surface area (Å²) in [7, 11) is 1.61. The summed E-state index contributed by atoms with van der Waals surface area (Å²) in [5.41, 5.74) is 2.61. The number of ketones is 1. The molecule has 0 aromatic heterocycles. The fraction of sp³-hybridized carbons (Fsp3) is 0.0741. The minimum atomic E-state index is -0.0386. The van der Waals surface area contributed by atoms with E-state index in [-0.39, 0.29) is 5.78 Å². The fourth-order valence-electron chi connectivity index (χ4n) is 3.26. The molecule has 3 heteroatoms. The zero-order chi connectivity index (χ0) is 20.8. The zero-order valence-electron chi connectivity index (χ0n) is 16.7. The van der Waals surface area contributed by atoms with Gasteiger partial charge in [-0.25, -0.2) is 0 Å². The van der Waals surface area contributed by atoms with Gasteiger partial charge in [-0.3, -0.25) is 4.79 Å². The van der Waals surface area contributed by atoms with E-state index in [1.807, 2.05) is 91.0 Å². The van der Waals surface area contributed by atoms with Crippen molar-refractivity contribution in [2.45, 2.75) is 6.61 Å². The number of hydrogen-bond acceptors (Lipinski definition) is 3. The van der Waals surface area contributed by atoms with Gasteiger partial charge in [-0.2, -0.15) is 0 Å². The van der Waals surface area contributed by atoms with Gasteiger partial charge in [0.2, 0.25) is 0 Å². The molecular weight excluding hydrogens is 372 g/mol. The van der Waals surface area contributed by atoms with Gasteiger partial charge in [0.1, 0.15) is 6.61 Å². The highest BCUT2D eigenvalue weighted by Gasteiger charge is 2.07. The van der Waals surface area contributed by atoms with Crippen LogP contribution >= 0.6 is 0 Å². The average molecular weight is 394 g/mol. The number of hydrogen-bond donors (Lipinski definition) is 0. The van der Waals surface area contributed by atoms with Crippen molar-refractivity contribution in [3.8, 4) is 11.5 Å². The first-order valence-electron chi connectivity index (χ1n) is 9.79. The molecule has 30 heavy (non-hydrogen) atoms. The maximum Gasteiger partial charge on any atom is 0.185 e. The summed E-state index contributed by atoms with van der Waals surface area (Å²) in [6.45, 7) is 0.445. The van der Waals surface area contributed by atoms with Crippen LogP contribution in [0, 0.1) is 0 Å². The van der Waals surface area contributed by atoms with E-state index in [1.54, 1.807) is 19.3 Å². The number of fused-ring (bicyclic) bond motifs is 1. The van der Waals surface area contributed by atoms with Crippen molar-refractivity contribution in [3.63, 3.8) is 0 Å². The Labute approximate surface area is 176 Å². The fourth-order valence-corrected chi connectivity index (χ4v) is 3.26. The molecule has 0 aliphatic heterocycles. The Morgan fingerprint density at radius 1 is 0.800 bits per heavy atom. The second kappa shape index (κ2) is 9.10. The summed E-state index contributed by atoms with van der Waals surface area (Å²) in [4.78, 5) is 12.6. The molecule has 0 amide bonds. The molecule has 0 heterocycles. The minimum absolute atomic E-state index is 0.0386. The highest BCUT2D eigenvalue weighted by atomic mass is 16.5. The van der Waals surface area contributed by atoms with Crippen LogP contribution in [0.25, 0.3) is 16.8 Å². The maximum atomic E-state index is 12.6. The Balaban J connectivity index is 1.51. The molecule has 0 saturated carbocycles. The monoisotopic (exact) mass is 394 g/mol. The molecule has 0 radical (unpaired) electrons. The molecule has 0 bridgehead atoms. The van der Waals surface area contributed by atoms with Gasteiger partial charge in [-0.1, -0.05) is 78.9 Å². The second-order valence-corrected chi connectivity index (χ2v) is 6.94. The van der Waals surface area contributed by atoms with Crippen LogP contribution in [0.15, 0.2) is 97.1 Å². The number of rotatable bonds is 7. The van der Waals surface area contributed by atoms with Crippen LogP contribution in [-0.2, 0) is 6.61 Å². The Kier molecular flexibility index (Phi) is 5.90. The normalized spacial score (nSPS) is 11.0. The van der Waals surface area contributed by atoms with Crippen LogP contribution in [0.3, 0.4) is 0 Å². The van der Waals surface area contributed by atoms with Crippen molar-refractivity contribution in [3.05, 3.63) is 114 Å². The molecule has 0 unspecified atom stereocenters. The first-order valence-corrected chi connectivity index (χ1v) is 9.79. The molecule has 4 rings (SSSR count). The van der Waals surface area contributed by atoms with Crippen LogP contribution in [0.2, 0.25) is 0 Å². The standard InChI is InChI=1S/C27H22O3/c1-29-26-16-12-20(17-27(26)30-19-21-7-3-2-4-8-21)11-15-25(28)24-14-13-22-9-5-6-10-23(22)18-24/h2-18H,19H2,1H3. The van der Waals surface area contributed by atoms with Crippen molar-refractivity contribution < 1.29 is 14.3 Å². The van der Waals surface area contributed by atoms with Crippen molar-refractivity contribution >= 4 is 22.6 Å². The molecular formula is C27H22O3. The summed E-state index contributed by atoms with van der Waals surface area (Å²) in [5.74, 6) is 1.26. The van der Waals surface area contributed by atoms with Crippen LogP contribution in [-0.4, -0.2) is 12.9 Å². The van der Waals surface area contributed by atoms with E-state index in [2.05, 4.69) is 0 Å². The lowest BCUT2D eigenvalue weighted by molar-refractivity contribution is 0.104. The topological polar surface area (TPSA) is 35.5 Å². The van der Waals surface area contributed by atoms with Gasteiger partial charge in [0.15, 0.2) is 17.3 Å². The summed E-state index contributed by atoms with van der Waals surface area (Å²) < 4.78 is 11.4. The molecule has 0 saturated heterocycles. The number of ether oxygens (including phenoxy) is 2. The average Bonchev–Trinajstić information content (AvgIpc) is 2.81. The number of benzene rings is 4. The van der Waals surface area contributed by atoms with Crippen molar-refractivity contribution in [1.29, 1.82) is 0 Å². The smallest absolute Gasteiger partial charge is 0.185 e. The van der Waals surface area contributed by atoms with Gasteiger partial charge in [0, 0.05) is 5.56 Å². The molecule has 0 aliphatic rings. The summed E-state index contributed by atoms with van der Waals surface area (Å²) >= 11 is 0. The van der Waals surface area contributed by atoms with Crippen LogP contribution in [0.4, 0.5) is 0 Å². The van der Waals surface area contributed by atoms with Gasteiger partial charge in [-0.05, 0) is 46.2 Å². The van der Waals surface area contributed by atoms with Crippen molar-refractivity contribution in [2.24, 2.45) is 0 Å². The molecule has 3 nitrogen and oxygen atoms in total. The number of allylic oxidation sites excluding steroid dienone is 1. The molecule has 148 valence electrons. The van der Waals surface area contributed by atoms with Gasteiger partial charge in [0.25, 0.3) is 0 Å². The molecule has 4 aromatic rings. The third-order valence-electron chi connectivity index (χ3n) is 4.89. The highest BCUT2D eigenvalue weighted by molar-refractivity contribution is 6.08. The molecule has 0 atom stereocenters. The summed E-state index contributed by atoms with van der Waals surface area (Å²) in [6.07, 6.45) is 3.39. The Morgan fingerprint density at radius 2 is 1.57 bits per heavy atom. The SMILES string of the molecule is COc1ccc(C=CC(=O)c2ccc3ccccc3c2)cc1OCc1ccccc1. The van der Waals surface area contributed by atoms with E-state index in [0.29, 0.717) is 23.7 Å². The number of methoxy groups -OCH3 is 1. The lowest BCUT2D eigenvalue weighted by Gasteiger charge is -2.11. The Bertz CT molecular complexity index is 1190. The first-order chi connectivity index (χ1) is 14.7. The zero-order valence-corrected chi connectivity index (χ0v) is 16.7. The molecule has 0 N–H and O–H groups in total. The summed E-state index contributed by atoms with van der Waals surface area (Å²) in [5, 5.41) is 2.17. The number of carbonyl (C=O) groups excluding carboxylic acids is 1. The van der Waals surface area contributed by atoms with E-state index in [1.165, 1.54) is 0 Å². The lowest BCUT2D eigenvalue weighted by atomic mass is 10.0. The van der Waals surface area contributed by atoms with Crippen molar-refractivity contribution in [2.75, 3.05) is 7.11 Å². The molecule has 0 aliphatic carbocycles. The first kappa shape index (κ1) is 19.5. The number of carbonyl (C=O) groups is 1. The van der Waals surface area contributed by atoms with Gasteiger partial charge < -0.3 is 9.47 Å². The highest BCUT2D eigenvalue weighted by Crippen LogP contribution is 2.29. The van der Waals surface area contributed by atoms with E-state index >= 15 is 0 Å². The Morgan fingerprint density at radius 3 is 2.37 bits per heavy atom. The van der Waals surface area contributed by atoms with Gasteiger partial charge >= 0.3 is 0 Å². The third-order valence-corrected chi connectivity index (χ3v) is 4.89. The summed E-state index contributed by atoms with van der Waals surface area (Å²) in [6, 6.07) is 29.3. The minimum Gasteiger partial charge on any atom is -0.493 e. The Hall–Kier alpha value is -3.85. The van der Waals surface area contributed by atoms with Crippen LogP contribution in [0.5, 0.6) is 11.5 Å². The van der Waals surface area contributed by atoms with Gasteiger partial charge in [0.05, 0.1) is 7.11 Å². The van der Waals surface area contributed by atoms with Gasteiger partial charge in [-0.15, -0.1) is 0 Å². The van der Waals surface area contributed by atoms with E-state index < -0.39 is 0 Å². The predicted octanol–water partition coefficient (Wildman–Crippen LogP) is 6.32. The van der Waals surface area contributed by atoms with E-state index in [0.717, 1.165) is 21.9 Å². The quantitative estimate of drug-likeness (QED) is 0.272. The predicted molar refractivity (Wildman–Crippen MR) is 121 cm³/mol.